The highest BCUT2D eigenvalue weighted by molar-refractivity contribution is 5.87. The normalized spacial score (nSPS) is 12.1. The van der Waals surface area contributed by atoms with E-state index in [-0.39, 0.29) is 12.7 Å². The lowest BCUT2D eigenvalue weighted by Gasteiger charge is -2.08. The number of rotatable bonds is 3. The Morgan fingerprint density at radius 2 is 1.95 bits per heavy atom. The van der Waals surface area contributed by atoms with Crippen molar-refractivity contribution in [2.75, 3.05) is 17.4 Å². The minimum Gasteiger partial charge on any atom is -0.454 e. The second-order valence-corrected chi connectivity index (χ2v) is 4.31. The molecule has 1 aromatic heterocycles. The molecular formula is C14H13N3O3. The summed E-state index contributed by atoms with van der Waals surface area (Å²) in [4.78, 5) is 15.0. The first kappa shape index (κ1) is 12.3. The smallest absolute Gasteiger partial charge is 0.231 e. The van der Waals surface area contributed by atoms with Crippen LogP contribution in [0.1, 0.15) is 6.92 Å². The molecule has 0 radical (unpaired) electrons. The SMILES string of the molecule is CC(=O)Nc1ccc(Nc2ccc3c(c2)OCO3)cn1. The van der Waals surface area contributed by atoms with E-state index in [9.17, 15) is 4.79 Å². The number of anilines is 3. The van der Waals surface area contributed by atoms with E-state index >= 15 is 0 Å². The van der Waals surface area contributed by atoms with Crippen molar-refractivity contribution in [3.8, 4) is 11.5 Å². The maximum absolute atomic E-state index is 10.9. The maximum Gasteiger partial charge on any atom is 0.231 e. The summed E-state index contributed by atoms with van der Waals surface area (Å²) < 4.78 is 10.6. The largest absolute Gasteiger partial charge is 0.454 e. The summed E-state index contributed by atoms with van der Waals surface area (Å²) in [7, 11) is 0. The summed E-state index contributed by atoms with van der Waals surface area (Å²) in [5.41, 5.74) is 1.70. The molecule has 0 saturated carbocycles. The van der Waals surface area contributed by atoms with E-state index in [1.54, 1.807) is 12.3 Å². The Balaban J connectivity index is 1.72. The van der Waals surface area contributed by atoms with Gasteiger partial charge in [0.1, 0.15) is 5.82 Å². The van der Waals surface area contributed by atoms with E-state index in [1.165, 1.54) is 6.92 Å². The Hall–Kier alpha value is -2.76. The van der Waals surface area contributed by atoms with Crippen LogP contribution < -0.4 is 20.1 Å². The van der Waals surface area contributed by atoms with Crippen LogP contribution in [0, 0.1) is 0 Å². The van der Waals surface area contributed by atoms with Gasteiger partial charge in [-0.05, 0) is 24.3 Å². The molecule has 2 aromatic rings. The van der Waals surface area contributed by atoms with Gasteiger partial charge in [0, 0.05) is 18.7 Å². The van der Waals surface area contributed by atoms with E-state index < -0.39 is 0 Å². The maximum atomic E-state index is 10.9. The number of ether oxygens (including phenoxy) is 2. The number of hydrogen-bond acceptors (Lipinski definition) is 5. The first-order valence-corrected chi connectivity index (χ1v) is 6.11. The molecule has 2 heterocycles. The highest BCUT2D eigenvalue weighted by Gasteiger charge is 2.13. The van der Waals surface area contributed by atoms with Gasteiger partial charge < -0.3 is 20.1 Å². The van der Waals surface area contributed by atoms with Gasteiger partial charge in [-0.15, -0.1) is 0 Å². The first-order chi connectivity index (χ1) is 9.70. The van der Waals surface area contributed by atoms with Crippen molar-refractivity contribution in [1.82, 2.24) is 4.98 Å². The summed E-state index contributed by atoms with van der Waals surface area (Å²) >= 11 is 0. The van der Waals surface area contributed by atoms with Crippen LogP contribution in [0.5, 0.6) is 11.5 Å². The summed E-state index contributed by atoms with van der Waals surface area (Å²) in [6.07, 6.45) is 1.65. The van der Waals surface area contributed by atoms with Crippen LogP contribution in [0.3, 0.4) is 0 Å². The van der Waals surface area contributed by atoms with Gasteiger partial charge in [-0.1, -0.05) is 0 Å². The minimum absolute atomic E-state index is 0.144. The van der Waals surface area contributed by atoms with E-state index in [0.29, 0.717) is 5.82 Å². The third-order valence-corrected chi connectivity index (χ3v) is 2.73. The number of aromatic nitrogens is 1. The highest BCUT2D eigenvalue weighted by Crippen LogP contribution is 2.35. The molecule has 1 aliphatic rings. The number of amides is 1. The molecule has 0 saturated heterocycles. The van der Waals surface area contributed by atoms with Crippen molar-refractivity contribution in [2.45, 2.75) is 6.92 Å². The van der Waals surface area contributed by atoms with Crippen LogP contribution in [0.25, 0.3) is 0 Å². The Kier molecular flexibility index (Phi) is 3.12. The lowest BCUT2D eigenvalue weighted by Crippen LogP contribution is -2.07. The molecule has 0 unspecified atom stereocenters. The fourth-order valence-electron chi connectivity index (χ4n) is 1.86. The number of carbonyl (C=O) groups is 1. The van der Waals surface area contributed by atoms with Gasteiger partial charge in [0.05, 0.1) is 11.9 Å². The molecule has 0 spiro atoms. The van der Waals surface area contributed by atoms with E-state index in [0.717, 1.165) is 22.9 Å². The number of nitrogens with one attached hydrogen (secondary N) is 2. The second-order valence-electron chi connectivity index (χ2n) is 4.31. The Bertz CT molecular complexity index is 641. The molecule has 102 valence electrons. The zero-order chi connectivity index (χ0) is 13.9. The summed E-state index contributed by atoms with van der Waals surface area (Å²) in [5.74, 6) is 1.84. The van der Waals surface area contributed by atoms with Gasteiger partial charge in [0.2, 0.25) is 12.7 Å². The number of benzene rings is 1. The van der Waals surface area contributed by atoms with Crippen LogP contribution in [-0.4, -0.2) is 17.7 Å². The Labute approximate surface area is 115 Å². The molecule has 0 aliphatic carbocycles. The number of nitrogens with zero attached hydrogens (tertiary/aromatic N) is 1. The molecule has 0 fully saturated rings. The molecule has 1 aromatic carbocycles. The van der Waals surface area contributed by atoms with Crippen molar-refractivity contribution in [2.24, 2.45) is 0 Å². The number of carbonyl (C=O) groups excluding carboxylic acids is 1. The van der Waals surface area contributed by atoms with Gasteiger partial charge in [0.25, 0.3) is 0 Å². The zero-order valence-electron chi connectivity index (χ0n) is 10.8. The Morgan fingerprint density at radius 1 is 1.15 bits per heavy atom. The molecule has 0 atom stereocenters. The van der Waals surface area contributed by atoms with Gasteiger partial charge >= 0.3 is 0 Å². The van der Waals surface area contributed by atoms with Gasteiger partial charge in [-0.3, -0.25) is 4.79 Å². The van der Waals surface area contributed by atoms with Gasteiger partial charge in [-0.2, -0.15) is 0 Å². The standard InChI is InChI=1S/C14H13N3O3/c1-9(18)16-14-5-3-11(7-15-14)17-10-2-4-12-13(6-10)20-8-19-12/h2-7,17H,8H2,1H3,(H,15,16,18). The lowest BCUT2D eigenvalue weighted by atomic mass is 10.2. The molecular weight excluding hydrogens is 258 g/mol. The van der Waals surface area contributed by atoms with Crippen molar-refractivity contribution in [3.63, 3.8) is 0 Å². The van der Waals surface area contributed by atoms with Crippen LogP contribution in [0.15, 0.2) is 36.5 Å². The van der Waals surface area contributed by atoms with E-state index in [2.05, 4.69) is 15.6 Å². The third-order valence-electron chi connectivity index (χ3n) is 2.73. The average Bonchev–Trinajstić information content (AvgIpc) is 2.88. The molecule has 0 bridgehead atoms. The first-order valence-electron chi connectivity index (χ1n) is 6.11. The highest BCUT2D eigenvalue weighted by atomic mass is 16.7. The number of hydrogen-bond donors (Lipinski definition) is 2. The molecule has 2 N–H and O–H groups in total. The average molecular weight is 271 g/mol. The third kappa shape index (κ3) is 2.64. The van der Waals surface area contributed by atoms with Crippen molar-refractivity contribution >= 4 is 23.1 Å². The molecule has 1 amide bonds. The van der Waals surface area contributed by atoms with Crippen molar-refractivity contribution in [3.05, 3.63) is 36.5 Å². The van der Waals surface area contributed by atoms with Gasteiger partial charge in [0.15, 0.2) is 11.5 Å². The van der Waals surface area contributed by atoms with Crippen molar-refractivity contribution < 1.29 is 14.3 Å². The quantitative estimate of drug-likeness (QED) is 0.897. The molecule has 1 aliphatic heterocycles. The predicted octanol–water partition coefficient (Wildman–Crippen LogP) is 2.51. The molecule has 3 rings (SSSR count). The monoisotopic (exact) mass is 271 g/mol. The molecule has 6 heteroatoms. The predicted molar refractivity (Wildman–Crippen MR) is 74.4 cm³/mol. The van der Waals surface area contributed by atoms with Crippen LogP contribution in [0.2, 0.25) is 0 Å². The number of pyridine rings is 1. The molecule has 6 nitrogen and oxygen atoms in total. The second kappa shape index (κ2) is 5.08. The van der Waals surface area contributed by atoms with Gasteiger partial charge in [-0.25, -0.2) is 4.98 Å². The number of fused-ring (bicyclic) bond motifs is 1. The van der Waals surface area contributed by atoms with E-state index in [1.807, 2.05) is 24.3 Å². The fourth-order valence-corrected chi connectivity index (χ4v) is 1.86. The summed E-state index contributed by atoms with van der Waals surface area (Å²) in [6, 6.07) is 9.18. The van der Waals surface area contributed by atoms with Crippen LogP contribution >= 0.6 is 0 Å². The van der Waals surface area contributed by atoms with Crippen LogP contribution in [-0.2, 0) is 4.79 Å². The molecule has 20 heavy (non-hydrogen) atoms. The van der Waals surface area contributed by atoms with Crippen molar-refractivity contribution in [1.29, 1.82) is 0 Å². The van der Waals surface area contributed by atoms with E-state index in [4.69, 9.17) is 9.47 Å². The summed E-state index contributed by atoms with van der Waals surface area (Å²) in [5, 5.41) is 5.82. The summed E-state index contributed by atoms with van der Waals surface area (Å²) in [6.45, 7) is 1.70. The van der Waals surface area contributed by atoms with Crippen LogP contribution in [0.4, 0.5) is 17.2 Å². The Morgan fingerprint density at radius 3 is 2.70 bits per heavy atom. The zero-order valence-corrected chi connectivity index (χ0v) is 10.8. The fraction of sp³-hybridized carbons (Fsp3) is 0.143. The minimum atomic E-state index is -0.144. The lowest BCUT2D eigenvalue weighted by molar-refractivity contribution is -0.114. The topological polar surface area (TPSA) is 72.5 Å².